The van der Waals surface area contributed by atoms with Crippen LogP contribution in [0.5, 0.6) is 0 Å². The molecule has 3 unspecified atom stereocenters. The third-order valence-electron chi connectivity index (χ3n) is 8.86. The minimum Gasteiger partial charge on any atom is -0.462 e. The Bertz CT molecular complexity index is 1110. The summed E-state index contributed by atoms with van der Waals surface area (Å²) in [5.41, 5.74) is 0. The van der Waals surface area contributed by atoms with E-state index >= 15 is 0 Å². The fourth-order valence-electron chi connectivity index (χ4n) is 5.49. The maximum Gasteiger partial charge on any atom is 0.472 e. The van der Waals surface area contributed by atoms with Crippen LogP contribution in [0.3, 0.4) is 0 Å². The highest BCUT2D eigenvalue weighted by Crippen LogP contribution is 2.43. The van der Waals surface area contributed by atoms with E-state index in [-0.39, 0.29) is 31.7 Å². The molecule has 12 heteroatoms. The van der Waals surface area contributed by atoms with Crippen LogP contribution in [0.15, 0.2) is 48.6 Å². The van der Waals surface area contributed by atoms with Gasteiger partial charge in [0.25, 0.3) is 0 Å². The zero-order valence-electron chi connectivity index (χ0n) is 33.4. The molecule has 0 saturated carbocycles. The van der Waals surface area contributed by atoms with Crippen LogP contribution in [0.25, 0.3) is 0 Å². The van der Waals surface area contributed by atoms with Gasteiger partial charge in [-0.3, -0.25) is 18.6 Å². The number of esters is 2. The average Bonchev–Trinajstić information content (AvgIpc) is 3.92. The number of aliphatic hydroxyl groups excluding tert-OH is 2. The second-order valence-corrected chi connectivity index (χ2v) is 15.5. The van der Waals surface area contributed by atoms with E-state index in [9.17, 15) is 24.2 Å². The minimum absolute atomic E-state index is 0.154. The van der Waals surface area contributed by atoms with E-state index in [0.29, 0.717) is 19.3 Å². The summed E-state index contributed by atoms with van der Waals surface area (Å²) in [6.07, 6.45) is 36.8. The summed E-state index contributed by atoms with van der Waals surface area (Å²) >= 11 is 0. The zero-order chi connectivity index (χ0) is 39.5. The SMILES string of the molecule is CCCCC/C=C\C/C=C\CC1OC1C/C=C\CCCC(=O)OC[C@H](COP(=O)(O)OC[C@@H](O)CO)OC(=O)CCCCCCC/C=C\CCCCCC. The number of hydrogen-bond acceptors (Lipinski definition) is 10. The Morgan fingerprint density at radius 1 is 0.648 bits per heavy atom. The van der Waals surface area contributed by atoms with Crippen LogP contribution in [-0.4, -0.2) is 77.9 Å². The van der Waals surface area contributed by atoms with Crippen molar-refractivity contribution in [3.8, 4) is 0 Å². The fraction of sp³-hybridized carbons (Fsp3) is 0.762. The lowest BCUT2D eigenvalue weighted by molar-refractivity contribution is -0.161. The Morgan fingerprint density at radius 3 is 1.83 bits per heavy atom. The number of allylic oxidation sites excluding steroid dienone is 6. The molecule has 0 aliphatic carbocycles. The molecular formula is C42H73O11P. The second-order valence-electron chi connectivity index (χ2n) is 14.0. The van der Waals surface area contributed by atoms with Crippen molar-refractivity contribution < 1.29 is 52.5 Å². The molecule has 0 spiro atoms. The van der Waals surface area contributed by atoms with E-state index in [4.69, 9.17) is 23.8 Å². The normalized spacial score (nSPS) is 18.2. The van der Waals surface area contributed by atoms with Crippen LogP contribution >= 0.6 is 7.82 Å². The zero-order valence-corrected chi connectivity index (χ0v) is 34.3. The van der Waals surface area contributed by atoms with Crippen LogP contribution in [-0.2, 0) is 37.4 Å². The standard InChI is InChI=1S/C42H73O11P/c1-3-5-7-9-11-13-14-15-16-18-20-22-28-32-42(46)52-38(36-51-54(47,48)50-34-37(44)33-43)35-49-41(45)31-27-24-23-26-30-40-39(53-40)29-25-21-19-17-12-10-8-6-4-2/h12-14,17,21,23,25-26,37-40,43-44H,3-11,15-16,18-20,22,24,27-36H2,1-2H3,(H,47,48)/b14-13-,17-12-,25-21-,26-23-/t37-,38+,39?,40?/m0/s1. The molecule has 0 aromatic heterocycles. The Hall–Kier alpha value is -2.11. The number of unbranched alkanes of at least 4 members (excludes halogenated alkanes) is 13. The van der Waals surface area contributed by atoms with Gasteiger partial charge in [-0.2, -0.15) is 0 Å². The summed E-state index contributed by atoms with van der Waals surface area (Å²) in [4.78, 5) is 34.9. The Morgan fingerprint density at radius 2 is 1.15 bits per heavy atom. The number of carbonyl (C=O) groups is 2. The van der Waals surface area contributed by atoms with Gasteiger partial charge in [0, 0.05) is 12.8 Å². The van der Waals surface area contributed by atoms with Crippen LogP contribution < -0.4 is 0 Å². The van der Waals surface area contributed by atoms with Gasteiger partial charge in [0.1, 0.15) is 12.7 Å². The molecule has 5 atom stereocenters. The molecule has 312 valence electrons. The van der Waals surface area contributed by atoms with Gasteiger partial charge in [-0.25, -0.2) is 4.57 Å². The topological polar surface area (TPSA) is 161 Å². The number of ether oxygens (including phenoxy) is 3. The molecule has 0 aromatic carbocycles. The summed E-state index contributed by atoms with van der Waals surface area (Å²) in [5, 5.41) is 18.3. The van der Waals surface area contributed by atoms with Crippen molar-refractivity contribution in [1.29, 1.82) is 0 Å². The minimum atomic E-state index is -4.64. The van der Waals surface area contributed by atoms with E-state index in [2.05, 4.69) is 60.9 Å². The highest BCUT2D eigenvalue weighted by molar-refractivity contribution is 7.47. The summed E-state index contributed by atoms with van der Waals surface area (Å²) in [6.45, 7) is 2.23. The van der Waals surface area contributed by atoms with Crippen molar-refractivity contribution in [2.24, 2.45) is 0 Å². The first-order valence-corrected chi connectivity index (χ1v) is 22.2. The predicted molar refractivity (Wildman–Crippen MR) is 214 cm³/mol. The predicted octanol–water partition coefficient (Wildman–Crippen LogP) is 9.54. The molecule has 0 aromatic rings. The third kappa shape index (κ3) is 31.1. The number of rotatable bonds is 37. The van der Waals surface area contributed by atoms with E-state index in [1.165, 1.54) is 44.9 Å². The molecular weight excluding hydrogens is 711 g/mol. The van der Waals surface area contributed by atoms with Crippen molar-refractivity contribution in [3.05, 3.63) is 48.6 Å². The summed E-state index contributed by atoms with van der Waals surface area (Å²) in [5.74, 6) is -1.01. The molecule has 1 aliphatic heterocycles. The highest BCUT2D eigenvalue weighted by atomic mass is 31.2. The van der Waals surface area contributed by atoms with Gasteiger partial charge in [0.2, 0.25) is 0 Å². The number of aliphatic hydroxyl groups is 2. The molecule has 1 aliphatic rings. The second kappa shape index (κ2) is 34.2. The molecule has 0 radical (unpaired) electrons. The highest BCUT2D eigenvalue weighted by Gasteiger charge is 2.36. The molecule has 0 bridgehead atoms. The maximum atomic E-state index is 12.6. The van der Waals surface area contributed by atoms with Crippen LogP contribution in [0.2, 0.25) is 0 Å². The monoisotopic (exact) mass is 784 g/mol. The first-order valence-electron chi connectivity index (χ1n) is 20.7. The fourth-order valence-corrected chi connectivity index (χ4v) is 6.28. The number of hydrogen-bond donors (Lipinski definition) is 3. The summed E-state index contributed by atoms with van der Waals surface area (Å²) < 4.78 is 38.4. The third-order valence-corrected chi connectivity index (χ3v) is 9.81. The molecule has 11 nitrogen and oxygen atoms in total. The molecule has 1 saturated heterocycles. The van der Waals surface area contributed by atoms with Gasteiger partial charge in [0.05, 0.1) is 32.0 Å². The van der Waals surface area contributed by atoms with E-state index in [1.807, 2.05) is 6.08 Å². The van der Waals surface area contributed by atoms with Gasteiger partial charge >= 0.3 is 19.8 Å². The van der Waals surface area contributed by atoms with Gasteiger partial charge in [-0.05, 0) is 77.0 Å². The smallest absolute Gasteiger partial charge is 0.462 e. The quantitative estimate of drug-likeness (QED) is 0.0181. The summed E-state index contributed by atoms with van der Waals surface area (Å²) in [6, 6.07) is 0. The largest absolute Gasteiger partial charge is 0.472 e. The number of phosphoric acid groups is 1. The Balaban J connectivity index is 2.32. The Kier molecular flexibility index (Phi) is 31.6. The van der Waals surface area contributed by atoms with E-state index in [1.54, 1.807) is 0 Å². The van der Waals surface area contributed by atoms with E-state index in [0.717, 1.165) is 64.2 Å². The lowest BCUT2D eigenvalue weighted by Crippen LogP contribution is -2.29. The first-order chi connectivity index (χ1) is 26.2. The summed E-state index contributed by atoms with van der Waals surface area (Å²) in [7, 11) is -4.64. The first kappa shape index (κ1) is 49.9. The lowest BCUT2D eigenvalue weighted by Gasteiger charge is -2.20. The van der Waals surface area contributed by atoms with Crippen LogP contribution in [0.1, 0.15) is 155 Å². The van der Waals surface area contributed by atoms with Crippen molar-refractivity contribution in [2.75, 3.05) is 26.4 Å². The van der Waals surface area contributed by atoms with Gasteiger partial charge in [-0.15, -0.1) is 0 Å². The van der Waals surface area contributed by atoms with E-state index < -0.39 is 51.8 Å². The average molecular weight is 785 g/mol. The Labute approximate surface area is 326 Å². The van der Waals surface area contributed by atoms with Crippen molar-refractivity contribution in [1.82, 2.24) is 0 Å². The maximum absolute atomic E-state index is 12.6. The van der Waals surface area contributed by atoms with Crippen molar-refractivity contribution >= 4 is 19.8 Å². The van der Waals surface area contributed by atoms with Crippen LogP contribution in [0, 0.1) is 0 Å². The van der Waals surface area contributed by atoms with Gasteiger partial charge in [0.15, 0.2) is 6.10 Å². The van der Waals surface area contributed by atoms with Crippen molar-refractivity contribution in [3.63, 3.8) is 0 Å². The van der Waals surface area contributed by atoms with Gasteiger partial charge in [-0.1, -0.05) is 114 Å². The van der Waals surface area contributed by atoms with Crippen LogP contribution in [0.4, 0.5) is 0 Å². The molecule has 1 heterocycles. The molecule has 1 rings (SSSR count). The van der Waals surface area contributed by atoms with Gasteiger partial charge < -0.3 is 29.3 Å². The molecule has 0 amide bonds. The number of phosphoric ester groups is 1. The number of carbonyl (C=O) groups excluding carboxylic acids is 2. The number of epoxide rings is 1. The van der Waals surface area contributed by atoms with Crippen molar-refractivity contribution in [2.45, 2.75) is 180 Å². The lowest BCUT2D eigenvalue weighted by atomic mass is 10.1. The molecule has 54 heavy (non-hydrogen) atoms. The molecule has 3 N–H and O–H groups in total. The molecule has 1 fully saturated rings.